The van der Waals surface area contributed by atoms with Crippen LogP contribution in [0.5, 0.6) is 0 Å². The molecule has 29 heavy (non-hydrogen) atoms. The van der Waals surface area contributed by atoms with E-state index in [2.05, 4.69) is 19.9 Å². The first-order chi connectivity index (χ1) is 14.1. The van der Waals surface area contributed by atoms with Gasteiger partial charge in [-0.3, -0.25) is 9.59 Å². The number of thiophene rings is 1. The van der Waals surface area contributed by atoms with Crippen LogP contribution in [0.25, 0.3) is 10.2 Å². The third kappa shape index (κ3) is 3.86. The Morgan fingerprint density at radius 1 is 1.41 bits per heavy atom. The largest absolute Gasteiger partial charge is 0.395 e. The van der Waals surface area contributed by atoms with Crippen LogP contribution in [-0.2, 0) is 4.74 Å². The van der Waals surface area contributed by atoms with Crippen molar-refractivity contribution in [2.24, 2.45) is 0 Å². The lowest BCUT2D eigenvalue weighted by Gasteiger charge is -2.33. The summed E-state index contributed by atoms with van der Waals surface area (Å²) in [5.41, 5.74) is 1.34. The second-order valence-corrected chi connectivity index (χ2v) is 8.23. The Balaban J connectivity index is 1.67. The third-order valence-corrected chi connectivity index (χ3v) is 6.57. The number of morpholine rings is 1. The molecule has 1 unspecified atom stereocenters. The van der Waals surface area contributed by atoms with Crippen LogP contribution in [0, 0.1) is 6.92 Å². The van der Waals surface area contributed by atoms with Crippen LogP contribution in [0.1, 0.15) is 36.7 Å². The maximum atomic E-state index is 12.9. The number of hydrogen-bond donors (Lipinski definition) is 2. The summed E-state index contributed by atoms with van der Waals surface area (Å²) in [6.45, 7) is 2.91. The first-order valence-electron chi connectivity index (χ1n) is 9.06. The monoisotopic (exact) mass is 433 g/mol. The standard InChI is InChI=1S/C18H19N5O4S2/c1-10-14(29-22-21-10)18(26)23-6-8-27-12(9-23)13-11-3-2-4-20-17(11)28-15(13)16(25)19-5-7-24/h2-4,12,24H,5-9H2,1H3,(H,19,25). The maximum absolute atomic E-state index is 12.9. The number of rotatable bonds is 5. The minimum Gasteiger partial charge on any atom is -0.395 e. The minimum atomic E-state index is -0.457. The molecule has 1 fully saturated rings. The van der Waals surface area contributed by atoms with Crippen LogP contribution in [-0.4, -0.2) is 69.2 Å². The van der Waals surface area contributed by atoms with Crippen molar-refractivity contribution in [3.8, 4) is 0 Å². The number of carbonyl (C=O) groups is 2. The van der Waals surface area contributed by atoms with Gasteiger partial charge in [-0.1, -0.05) is 10.6 Å². The van der Waals surface area contributed by atoms with Gasteiger partial charge < -0.3 is 20.1 Å². The Morgan fingerprint density at radius 3 is 3.03 bits per heavy atom. The quantitative estimate of drug-likeness (QED) is 0.624. The van der Waals surface area contributed by atoms with E-state index in [1.807, 2.05) is 12.1 Å². The lowest BCUT2D eigenvalue weighted by molar-refractivity contribution is -0.0221. The molecule has 2 N–H and O–H groups in total. The van der Waals surface area contributed by atoms with Crippen LogP contribution in [0.4, 0.5) is 0 Å². The number of aliphatic hydroxyl groups excluding tert-OH is 1. The molecule has 0 bridgehead atoms. The van der Waals surface area contributed by atoms with Crippen LogP contribution in [0.2, 0.25) is 0 Å². The minimum absolute atomic E-state index is 0.130. The highest BCUT2D eigenvalue weighted by Gasteiger charge is 2.33. The maximum Gasteiger partial charge on any atom is 0.267 e. The van der Waals surface area contributed by atoms with E-state index in [1.54, 1.807) is 18.0 Å². The zero-order valence-electron chi connectivity index (χ0n) is 15.6. The summed E-state index contributed by atoms with van der Waals surface area (Å²) in [4.78, 5) is 33.4. The summed E-state index contributed by atoms with van der Waals surface area (Å²) in [5, 5.41) is 16.5. The highest BCUT2D eigenvalue weighted by atomic mass is 32.1. The fourth-order valence-corrected chi connectivity index (χ4v) is 5.01. The molecular formula is C18H19N5O4S2. The van der Waals surface area contributed by atoms with Gasteiger partial charge in [-0.05, 0) is 24.5 Å². The zero-order valence-corrected chi connectivity index (χ0v) is 17.3. The predicted octanol–water partition coefficient (Wildman–Crippen LogP) is 1.39. The summed E-state index contributed by atoms with van der Waals surface area (Å²) in [5.74, 6) is -0.415. The van der Waals surface area contributed by atoms with Crippen molar-refractivity contribution in [2.45, 2.75) is 13.0 Å². The Kier molecular flexibility index (Phi) is 5.81. The van der Waals surface area contributed by atoms with Crippen molar-refractivity contribution in [3.05, 3.63) is 39.3 Å². The Morgan fingerprint density at radius 2 is 2.28 bits per heavy atom. The topological polar surface area (TPSA) is 118 Å². The molecule has 1 aliphatic rings. The number of pyridine rings is 1. The molecule has 152 valence electrons. The number of hydrogen-bond acceptors (Lipinski definition) is 9. The highest BCUT2D eigenvalue weighted by molar-refractivity contribution is 7.20. The molecule has 0 spiro atoms. The van der Waals surface area contributed by atoms with Gasteiger partial charge in [-0.15, -0.1) is 16.4 Å². The number of amides is 2. The fourth-order valence-electron chi connectivity index (χ4n) is 3.27. The molecule has 0 aromatic carbocycles. The van der Waals surface area contributed by atoms with Crippen LogP contribution < -0.4 is 5.32 Å². The van der Waals surface area contributed by atoms with Gasteiger partial charge in [0.25, 0.3) is 11.8 Å². The number of nitrogens with zero attached hydrogens (tertiary/aromatic N) is 4. The molecule has 4 heterocycles. The number of carbonyl (C=O) groups excluding carboxylic acids is 2. The summed E-state index contributed by atoms with van der Waals surface area (Å²) in [6, 6.07) is 3.71. The van der Waals surface area contributed by atoms with Crippen molar-refractivity contribution in [2.75, 3.05) is 32.8 Å². The normalized spacial score (nSPS) is 16.9. The highest BCUT2D eigenvalue weighted by Crippen LogP contribution is 2.37. The molecule has 9 nitrogen and oxygen atoms in total. The van der Waals surface area contributed by atoms with Gasteiger partial charge >= 0.3 is 0 Å². The summed E-state index contributed by atoms with van der Waals surface area (Å²) in [6.07, 6.45) is 1.22. The van der Waals surface area contributed by atoms with Gasteiger partial charge in [-0.25, -0.2) is 4.98 Å². The molecule has 1 aliphatic heterocycles. The summed E-state index contributed by atoms with van der Waals surface area (Å²) in [7, 11) is 0. The molecule has 3 aromatic heterocycles. The molecule has 4 rings (SSSR count). The van der Waals surface area contributed by atoms with Crippen molar-refractivity contribution >= 4 is 44.9 Å². The first-order valence-corrected chi connectivity index (χ1v) is 10.7. The predicted molar refractivity (Wildman–Crippen MR) is 108 cm³/mol. The van der Waals surface area contributed by atoms with E-state index >= 15 is 0 Å². The number of aryl methyl sites for hydroxylation is 1. The van der Waals surface area contributed by atoms with E-state index in [0.29, 0.717) is 35.1 Å². The fraction of sp³-hybridized carbons (Fsp3) is 0.389. The zero-order chi connectivity index (χ0) is 20.4. The van der Waals surface area contributed by atoms with E-state index < -0.39 is 6.10 Å². The van der Waals surface area contributed by atoms with E-state index in [-0.39, 0.29) is 25.0 Å². The summed E-state index contributed by atoms with van der Waals surface area (Å²) < 4.78 is 9.83. The smallest absolute Gasteiger partial charge is 0.267 e. The average molecular weight is 434 g/mol. The lowest BCUT2D eigenvalue weighted by Crippen LogP contribution is -2.42. The third-order valence-electron chi connectivity index (χ3n) is 4.63. The number of fused-ring (bicyclic) bond motifs is 1. The molecule has 11 heteroatoms. The van der Waals surface area contributed by atoms with Crippen molar-refractivity contribution in [1.29, 1.82) is 0 Å². The molecule has 2 amide bonds. The second kappa shape index (κ2) is 8.49. The SMILES string of the molecule is Cc1nnsc1C(=O)N1CCOC(c2c(C(=O)NCCO)sc3ncccc23)C1. The van der Waals surface area contributed by atoms with Crippen LogP contribution in [0.3, 0.4) is 0 Å². The van der Waals surface area contributed by atoms with E-state index in [0.717, 1.165) is 27.3 Å². The van der Waals surface area contributed by atoms with Crippen LogP contribution in [0.15, 0.2) is 18.3 Å². The van der Waals surface area contributed by atoms with E-state index in [9.17, 15) is 9.59 Å². The van der Waals surface area contributed by atoms with Gasteiger partial charge in [0.15, 0.2) is 0 Å². The van der Waals surface area contributed by atoms with Gasteiger partial charge in [-0.2, -0.15) is 0 Å². The number of aliphatic hydroxyl groups is 1. The second-order valence-electron chi connectivity index (χ2n) is 6.48. The molecular weight excluding hydrogens is 414 g/mol. The number of ether oxygens (including phenoxy) is 1. The number of nitrogens with one attached hydrogen (secondary N) is 1. The van der Waals surface area contributed by atoms with Crippen molar-refractivity contribution in [3.63, 3.8) is 0 Å². The molecule has 1 saturated heterocycles. The van der Waals surface area contributed by atoms with E-state index in [1.165, 1.54) is 11.3 Å². The number of aromatic nitrogens is 3. The summed E-state index contributed by atoms with van der Waals surface area (Å²) >= 11 is 2.36. The van der Waals surface area contributed by atoms with Gasteiger partial charge in [0.1, 0.15) is 20.7 Å². The van der Waals surface area contributed by atoms with E-state index in [4.69, 9.17) is 9.84 Å². The van der Waals surface area contributed by atoms with Crippen molar-refractivity contribution < 1.29 is 19.4 Å². The first kappa shape index (κ1) is 19.8. The average Bonchev–Trinajstić information content (AvgIpc) is 3.35. The van der Waals surface area contributed by atoms with Gasteiger partial charge in [0.2, 0.25) is 0 Å². The molecule has 0 aliphatic carbocycles. The molecule has 0 saturated carbocycles. The van der Waals surface area contributed by atoms with Crippen molar-refractivity contribution in [1.82, 2.24) is 24.8 Å². The van der Waals surface area contributed by atoms with Gasteiger partial charge in [0.05, 0.1) is 25.5 Å². The Labute approximate surface area is 174 Å². The van der Waals surface area contributed by atoms with Gasteiger partial charge in [0, 0.05) is 30.2 Å². The lowest BCUT2D eigenvalue weighted by atomic mass is 10.0. The molecule has 3 aromatic rings. The molecule has 1 atom stereocenters. The molecule has 0 radical (unpaired) electrons. The Hall–Kier alpha value is -2.47. The van der Waals surface area contributed by atoms with Crippen LogP contribution >= 0.6 is 22.9 Å². The Bertz CT molecular complexity index is 1050.